The van der Waals surface area contributed by atoms with Crippen molar-refractivity contribution in [1.29, 1.82) is 0 Å². The summed E-state index contributed by atoms with van der Waals surface area (Å²) in [5, 5.41) is 21.5. The van der Waals surface area contributed by atoms with E-state index in [0.717, 1.165) is 23.9 Å². The number of hydrogen-bond acceptors (Lipinski definition) is 8. The minimum absolute atomic E-state index is 0. The first kappa shape index (κ1) is 22.1. The van der Waals surface area contributed by atoms with Gasteiger partial charge in [-0.15, -0.1) is 0 Å². The third-order valence-electron chi connectivity index (χ3n) is 4.98. The van der Waals surface area contributed by atoms with E-state index >= 15 is 0 Å². The lowest BCUT2D eigenvalue weighted by atomic mass is 10.00. The molecule has 0 spiro atoms. The van der Waals surface area contributed by atoms with Crippen LogP contribution in [0.5, 0.6) is 0 Å². The zero-order chi connectivity index (χ0) is 20.4. The number of anilines is 2. The van der Waals surface area contributed by atoms with Crippen molar-refractivity contribution in [1.82, 2.24) is 33.8 Å². The van der Waals surface area contributed by atoms with Gasteiger partial charge in [0.15, 0.2) is 5.65 Å². The van der Waals surface area contributed by atoms with Crippen molar-refractivity contribution < 1.29 is 13.5 Å². The first-order valence-corrected chi connectivity index (χ1v) is 11.3. The van der Waals surface area contributed by atoms with Gasteiger partial charge in [0.05, 0.1) is 42.9 Å². The summed E-state index contributed by atoms with van der Waals surface area (Å²) in [6.45, 7) is 2.11. The Kier molecular flexibility index (Phi) is 6.68. The van der Waals surface area contributed by atoms with Crippen molar-refractivity contribution >= 4 is 32.7 Å². The van der Waals surface area contributed by atoms with Gasteiger partial charge in [-0.1, -0.05) is 7.43 Å². The quantitative estimate of drug-likeness (QED) is 0.562. The minimum atomic E-state index is -3.18. The summed E-state index contributed by atoms with van der Waals surface area (Å²) in [4.78, 5) is 8.89. The van der Waals surface area contributed by atoms with E-state index in [4.69, 9.17) is 5.11 Å². The lowest BCUT2D eigenvalue weighted by molar-refractivity contribution is 0.242. The zero-order valence-corrected chi connectivity index (χ0v) is 17.0. The van der Waals surface area contributed by atoms with Crippen LogP contribution >= 0.6 is 0 Å². The van der Waals surface area contributed by atoms with Crippen molar-refractivity contribution in [2.45, 2.75) is 33.4 Å². The summed E-state index contributed by atoms with van der Waals surface area (Å²) < 4.78 is 28.7. The monoisotopic (exact) mass is 436 g/mol. The number of nitrogens with zero attached hydrogens (tertiary/aromatic N) is 7. The highest BCUT2D eigenvalue weighted by molar-refractivity contribution is 7.88. The largest absolute Gasteiger partial charge is 0.394 e. The summed E-state index contributed by atoms with van der Waals surface area (Å²) in [7, 11) is -3.18. The average Bonchev–Trinajstić information content (AvgIpc) is 3.29. The van der Waals surface area contributed by atoms with E-state index in [-0.39, 0.29) is 20.0 Å². The van der Waals surface area contributed by atoms with E-state index in [2.05, 4.69) is 25.5 Å². The molecule has 0 radical (unpaired) electrons. The van der Waals surface area contributed by atoms with Gasteiger partial charge < -0.3 is 10.4 Å². The Balaban J connectivity index is 0.00000256. The zero-order valence-electron chi connectivity index (χ0n) is 16.1. The van der Waals surface area contributed by atoms with Crippen molar-refractivity contribution in [3.05, 3.63) is 24.8 Å². The van der Waals surface area contributed by atoms with E-state index < -0.39 is 10.0 Å². The highest BCUT2D eigenvalue weighted by Gasteiger charge is 2.26. The molecule has 1 aliphatic rings. The van der Waals surface area contributed by atoms with Gasteiger partial charge in [0, 0.05) is 32.0 Å². The smallest absolute Gasteiger partial charge is 0.229 e. The van der Waals surface area contributed by atoms with Crippen LogP contribution in [0.3, 0.4) is 0 Å². The number of nitrogens with one attached hydrogen (secondary N) is 1. The van der Waals surface area contributed by atoms with Crippen LogP contribution in [0.15, 0.2) is 24.8 Å². The van der Waals surface area contributed by atoms with Crippen molar-refractivity contribution in [2.75, 3.05) is 31.3 Å². The molecule has 0 saturated carbocycles. The number of hydrogen-bond donors (Lipinski definition) is 2. The molecule has 3 aromatic rings. The lowest BCUT2D eigenvalue weighted by Crippen LogP contribution is -2.40. The van der Waals surface area contributed by atoms with E-state index in [0.29, 0.717) is 37.8 Å². The maximum Gasteiger partial charge on any atom is 0.229 e. The molecule has 12 heteroatoms. The SMILES string of the molecule is C.CS(=O)(=O)N1CCCC(Cn2ncc3cnc(Nc4cnn(CCO)c4)nc32)C1. The molecule has 4 heterocycles. The standard InChI is InChI=1S/C17H24N8O3S.CH4/c1-29(27,28)24-4-2-3-13(10-24)11-25-16-14(8-20-25)7-18-17(22-16)21-15-9-19-23(12-15)5-6-26;/h7-9,12-13,26H,2-6,10-11H2,1H3,(H,18,21,22);1H4. The van der Waals surface area contributed by atoms with Crippen LogP contribution in [0, 0.1) is 5.92 Å². The Bertz CT molecular complexity index is 1090. The Morgan fingerprint density at radius 1 is 1.27 bits per heavy atom. The molecular weight excluding hydrogens is 408 g/mol. The summed E-state index contributed by atoms with van der Waals surface area (Å²) >= 11 is 0. The molecule has 4 rings (SSSR count). The van der Waals surface area contributed by atoms with Crippen molar-refractivity contribution in [3.8, 4) is 0 Å². The number of rotatable bonds is 7. The van der Waals surface area contributed by atoms with Crippen molar-refractivity contribution in [2.24, 2.45) is 5.92 Å². The van der Waals surface area contributed by atoms with Crippen LogP contribution in [-0.4, -0.2) is 73.3 Å². The molecule has 11 nitrogen and oxygen atoms in total. The van der Waals surface area contributed by atoms with Crippen LogP contribution < -0.4 is 5.32 Å². The van der Waals surface area contributed by atoms with Gasteiger partial charge >= 0.3 is 0 Å². The van der Waals surface area contributed by atoms with Crippen LogP contribution in [0.25, 0.3) is 11.0 Å². The van der Waals surface area contributed by atoms with E-state index in [1.165, 1.54) is 6.26 Å². The number of fused-ring (bicyclic) bond motifs is 1. The minimum Gasteiger partial charge on any atom is -0.394 e. The van der Waals surface area contributed by atoms with Gasteiger partial charge in [-0.2, -0.15) is 15.2 Å². The topological polar surface area (TPSA) is 131 Å². The molecule has 30 heavy (non-hydrogen) atoms. The molecular formula is C18H28N8O3S. The Hall–Kier alpha value is -2.57. The van der Waals surface area contributed by atoms with Crippen molar-refractivity contribution in [3.63, 3.8) is 0 Å². The molecule has 0 bridgehead atoms. The molecule has 0 aromatic carbocycles. The second-order valence-electron chi connectivity index (χ2n) is 7.27. The molecule has 1 unspecified atom stereocenters. The second kappa shape index (κ2) is 9.06. The average molecular weight is 437 g/mol. The fourth-order valence-corrected chi connectivity index (χ4v) is 4.51. The maximum absolute atomic E-state index is 11.9. The molecule has 164 valence electrons. The van der Waals surface area contributed by atoms with Gasteiger partial charge in [-0.25, -0.2) is 22.4 Å². The van der Waals surface area contributed by atoms with Gasteiger partial charge in [0.1, 0.15) is 0 Å². The van der Waals surface area contributed by atoms with E-state index in [1.54, 1.807) is 33.8 Å². The molecule has 0 amide bonds. The van der Waals surface area contributed by atoms with Gasteiger partial charge in [0.25, 0.3) is 0 Å². The molecule has 0 aliphatic carbocycles. The predicted molar refractivity (Wildman–Crippen MR) is 114 cm³/mol. The second-order valence-corrected chi connectivity index (χ2v) is 9.25. The number of aliphatic hydroxyl groups is 1. The molecule has 3 aromatic heterocycles. The molecule has 1 saturated heterocycles. The van der Waals surface area contributed by atoms with E-state index in [9.17, 15) is 8.42 Å². The van der Waals surface area contributed by atoms with Gasteiger partial charge in [0.2, 0.25) is 16.0 Å². The first-order chi connectivity index (χ1) is 13.9. The third kappa shape index (κ3) is 4.94. The Morgan fingerprint density at radius 3 is 2.87 bits per heavy atom. The highest BCUT2D eigenvalue weighted by Crippen LogP contribution is 2.22. The molecule has 1 aliphatic heterocycles. The molecule has 1 fully saturated rings. The van der Waals surface area contributed by atoms with Crippen LogP contribution in [0.1, 0.15) is 20.3 Å². The fourth-order valence-electron chi connectivity index (χ4n) is 3.56. The van der Waals surface area contributed by atoms with E-state index in [1.807, 2.05) is 4.68 Å². The van der Waals surface area contributed by atoms with Crippen LogP contribution in [0.2, 0.25) is 0 Å². The van der Waals surface area contributed by atoms with Crippen LogP contribution in [-0.2, 0) is 23.1 Å². The van der Waals surface area contributed by atoms with Gasteiger partial charge in [-0.3, -0.25) is 4.68 Å². The third-order valence-corrected chi connectivity index (χ3v) is 6.25. The number of aromatic nitrogens is 6. The Labute approximate surface area is 175 Å². The number of sulfonamides is 1. The summed E-state index contributed by atoms with van der Waals surface area (Å²) in [5.41, 5.74) is 1.42. The molecule has 1 atom stereocenters. The normalized spacial score (nSPS) is 17.7. The molecule has 2 N–H and O–H groups in total. The van der Waals surface area contributed by atoms with Crippen LogP contribution in [0.4, 0.5) is 11.6 Å². The number of piperidine rings is 1. The lowest BCUT2D eigenvalue weighted by Gasteiger charge is -2.30. The summed E-state index contributed by atoms with van der Waals surface area (Å²) in [6.07, 6.45) is 9.88. The number of aliphatic hydroxyl groups excluding tert-OH is 1. The fraction of sp³-hybridized carbons (Fsp3) is 0.556. The maximum atomic E-state index is 11.9. The Morgan fingerprint density at radius 2 is 2.10 bits per heavy atom. The predicted octanol–water partition coefficient (Wildman–Crippen LogP) is 1.07. The summed E-state index contributed by atoms with van der Waals surface area (Å²) in [5.74, 6) is 0.605. The summed E-state index contributed by atoms with van der Waals surface area (Å²) in [6, 6.07) is 0. The highest BCUT2D eigenvalue weighted by atomic mass is 32.2. The first-order valence-electron chi connectivity index (χ1n) is 9.46. The van der Waals surface area contributed by atoms with Gasteiger partial charge in [-0.05, 0) is 18.8 Å².